The maximum Gasteiger partial charge on any atom is 0.256 e. The number of sulfonamides is 1. The van der Waals surface area contributed by atoms with Gasteiger partial charge in [0.1, 0.15) is 0 Å². The van der Waals surface area contributed by atoms with Crippen molar-refractivity contribution in [3.05, 3.63) is 29.8 Å². The molecule has 2 rings (SSSR count). The number of carbonyl (C=O) groups excluding carboxylic acids is 1. The molecule has 1 aromatic rings. The molecule has 7 heteroatoms. The van der Waals surface area contributed by atoms with Gasteiger partial charge in [-0.1, -0.05) is 19.1 Å². The van der Waals surface area contributed by atoms with E-state index in [1.165, 1.54) is 0 Å². The summed E-state index contributed by atoms with van der Waals surface area (Å²) < 4.78 is 26.4. The predicted octanol–water partition coefficient (Wildman–Crippen LogP) is 1.83. The van der Waals surface area contributed by atoms with Crippen molar-refractivity contribution in [3.63, 3.8) is 0 Å². The van der Waals surface area contributed by atoms with Gasteiger partial charge in [-0.05, 0) is 38.3 Å². The van der Waals surface area contributed by atoms with Gasteiger partial charge in [0, 0.05) is 13.1 Å². The summed E-state index contributed by atoms with van der Waals surface area (Å²) in [6, 6.07) is 6.58. The molecule has 1 heterocycles. The molecule has 0 aromatic heterocycles. The van der Waals surface area contributed by atoms with Gasteiger partial charge in [0.2, 0.25) is 10.0 Å². The van der Waals surface area contributed by atoms with Crippen LogP contribution in [-0.4, -0.2) is 48.8 Å². The van der Waals surface area contributed by atoms with E-state index in [0.29, 0.717) is 24.9 Å². The molecule has 1 saturated heterocycles. The van der Waals surface area contributed by atoms with E-state index in [0.717, 1.165) is 6.42 Å². The van der Waals surface area contributed by atoms with Crippen molar-refractivity contribution in [3.8, 4) is 0 Å². The smallest absolute Gasteiger partial charge is 0.256 e. The number of nitrogens with one attached hydrogen (secondary N) is 1. The minimum Gasteiger partial charge on any atom is -0.388 e. The molecule has 1 aromatic carbocycles. The van der Waals surface area contributed by atoms with Crippen LogP contribution in [0.25, 0.3) is 0 Å². The van der Waals surface area contributed by atoms with Crippen molar-refractivity contribution in [1.82, 2.24) is 4.90 Å². The van der Waals surface area contributed by atoms with Gasteiger partial charge in [-0.3, -0.25) is 9.52 Å². The molecule has 0 saturated carbocycles. The highest BCUT2D eigenvalue weighted by molar-refractivity contribution is 7.92. The quantitative estimate of drug-likeness (QED) is 0.856. The lowest BCUT2D eigenvalue weighted by atomic mass is 9.94. The third kappa shape index (κ3) is 4.68. The molecule has 128 valence electrons. The van der Waals surface area contributed by atoms with Gasteiger partial charge in [-0.15, -0.1) is 0 Å². The normalized spacial score (nSPS) is 22.0. The number of amides is 1. The van der Waals surface area contributed by atoms with Crippen molar-refractivity contribution in [2.75, 3.05) is 23.6 Å². The van der Waals surface area contributed by atoms with Crippen molar-refractivity contribution in [1.29, 1.82) is 0 Å². The molecule has 0 spiro atoms. The first-order valence-electron chi connectivity index (χ1n) is 7.85. The third-order valence-corrected chi connectivity index (χ3v) is 5.33. The molecule has 1 unspecified atom stereocenters. The fourth-order valence-corrected chi connectivity index (χ4v) is 3.96. The maximum atomic E-state index is 12.7. The Labute approximate surface area is 137 Å². The van der Waals surface area contributed by atoms with Crippen molar-refractivity contribution in [2.45, 2.75) is 38.7 Å². The number of benzene rings is 1. The first-order valence-corrected chi connectivity index (χ1v) is 9.50. The number of para-hydroxylation sites is 1. The molecule has 0 radical (unpaired) electrons. The molecule has 1 amide bonds. The van der Waals surface area contributed by atoms with Crippen LogP contribution >= 0.6 is 0 Å². The highest BCUT2D eigenvalue weighted by Gasteiger charge is 2.32. The molecule has 2 N–H and O–H groups in total. The molecule has 1 aliphatic rings. The van der Waals surface area contributed by atoms with E-state index in [9.17, 15) is 18.3 Å². The number of likely N-dealkylation sites (tertiary alicyclic amines) is 1. The molecular weight excluding hydrogens is 316 g/mol. The number of carbonyl (C=O) groups is 1. The number of aliphatic hydroxyl groups is 1. The van der Waals surface area contributed by atoms with Crippen LogP contribution in [0.15, 0.2) is 24.3 Å². The standard InChI is InChI=1S/C16H24N2O4S/c1-3-11-23(21,22)17-14-8-5-4-7-13(14)15(19)18-10-6-9-16(2,20)12-18/h4-5,7-8,17,20H,3,6,9-12H2,1-2H3. The van der Waals surface area contributed by atoms with Crippen LogP contribution in [-0.2, 0) is 10.0 Å². The number of rotatable bonds is 5. The van der Waals surface area contributed by atoms with Crippen molar-refractivity contribution >= 4 is 21.6 Å². The lowest BCUT2D eigenvalue weighted by molar-refractivity contribution is -0.0107. The Morgan fingerprint density at radius 1 is 1.39 bits per heavy atom. The van der Waals surface area contributed by atoms with Crippen LogP contribution < -0.4 is 4.72 Å². The summed E-state index contributed by atoms with van der Waals surface area (Å²) in [7, 11) is -3.46. The van der Waals surface area contributed by atoms with Gasteiger partial charge >= 0.3 is 0 Å². The molecule has 6 nitrogen and oxygen atoms in total. The van der Waals surface area contributed by atoms with Crippen molar-refractivity contribution < 1.29 is 18.3 Å². The summed E-state index contributed by atoms with van der Waals surface area (Å²) in [5, 5.41) is 10.2. The van der Waals surface area contributed by atoms with E-state index in [4.69, 9.17) is 0 Å². The number of hydrogen-bond acceptors (Lipinski definition) is 4. The van der Waals surface area contributed by atoms with Crippen molar-refractivity contribution in [2.24, 2.45) is 0 Å². The molecule has 23 heavy (non-hydrogen) atoms. The zero-order chi connectivity index (χ0) is 17.1. The van der Waals surface area contributed by atoms with Gasteiger partial charge in [-0.2, -0.15) is 0 Å². The van der Waals surface area contributed by atoms with Crippen LogP contribution in [0.3, 0.4) is 0 Å². The van der Waals surface area contributed by atoms with E-state index in [-0.39, 0.29) is 23.9 Å². The molecule has 1 aliphatic heterocycles. The van der Waals surface area contributed by atoms with Crippen LogP contribution in [0, 0.1) is 0 Å². The zero-order valence-electron chi connectivity index (χ0n) is 13.6. The van der Waals surface area contributed by atoms with E-state index < -0.39 is 15.6 Å². The molecule has 1 fully saturated rings. The SMILES string of the molecule is CCCS(=O)(=O)Nc1ccccc1C(=O)N1CCCC(C)(O)C1. The summed E-state index contributed by atoms with van der Waals surface area (Å²) in [5.41, 5.74) is -0.300. The van der Waals surface area contributed by atoms with E-state index in [1.54, 1.807) is 43.0 Å². The predicted molar refractivity (Wildman–Crippen MR) is 89.9 cm³/mol. The van der Waals surface area contributed by atoms with Crippen LogP contribution in [0.2, 0.25) is 0 Å². The average Bonchev–Trinajstić information content (AvgIpc) is 2.45. The number of β-amino-alcohol motifs (C(OH)–C–C–N with tert-alkyl or cyclic N) is 1. The Bertz CT molecular complexity index is 670. The Morgan fingerprint density at radius 3 is 2.74 bits per heavy atom. The van der Waals surface area contributed by atoms with E-state index >= 15 is 0 Å². The monoisotopic (exact) mass is 340 g/mol. The van der Waals surface area contributed by atoms with Gasteiger partial charge < -0.3 is 10.0 Å². The van der Waals surface area contributed by atoms with Gasteiger partial charge in [0.05, 0.1) is 22.6 Å². The summed E-state index contributed by atoms with van der Waals surface area (Å²) in [6.45, 7) is 4.31. The summed E-state index contributed by atoms with van der Waals surface area (Å²) in [5.74, 6) is -0.256. The largest absolute Gasteiger partial charge is 0.388 e. The Balaban J connectivity index is 2.24. The second-order valence-electron chi connectivity index (χ2n) is 6.29. The van der Waals surface area contributed by atoms with Crippen LogP contribution in [0.4, 0.5) is 5.69 Å². The van der Waals surface area contributed by atoms with Crippen LogP contribution in [0.5, 0.6) is 0 Å². The second-order valence-corrected chi connectivity index (χ2v) is 8.14. The average molecular weight is 340 g/mol. The van der Waals surface area contributed by atoms with Gasteiger partial charge in [-0.25, -0.2) is 8.42 Å². The molecule has 0 bridgehead atoms. The molecule has 0 aliphatic carbocycles. The fraction of sp³-hybridized carbons (Fsp3) is 0.562. The van der Waals surface area contributed by atoms with E-state index in [1.807, 2.05) is 0 Å². The zero-order valence-corrected chi connectivity index (χ0v) is 14.4. The van der Waals surface area contributed by atoms with Gasteiger partial charge in [0.15, 0.2) is 0 Å². The van der Waals surface area contributed by atoms with E-state index in [2.05, 4.69) is 4.72 Å². The Hall–Kier alpha value is -1.60. The summed E-state index contributed by atoms with van der Waals surface area (Å²) in [4.78, 5) is 14.3. The van der Waals surface area contributed by atoms with Gasteiger partial charge in [0.25, 0.3) is 5.91 Å². The Kier molecular flexibility index (Phi) is 5.31. The number of nitrogens with zero attached hydrogens (tertiary/aromatic N) is 1. The molecule has 1 atom stereocenters. The Morgan fingerprint density at radius 2 is 2.09 bits per heavy atom. The second kappa shape index (κ2) is 6.88. The summed E-state index contributed by atoms with van der Waals surface area (Å²) in [6.07, 6.45) is 1.88. The summed E-state index contributed by atoms with van der Waals surface area (Å²) >= 11 is 0. The fourth-order valence-electron chi connectivity index (χ4n) is 2.81. The molecular formula is C16H24N2O4S. The number of anilines is 1. The number of piperidine rings is 1. The highest BCUT2D eigenvalue weighted by Crippen LogP contribution is 2.25. The number of hydrogen-bond donors (Lipinski definition) is 2. The lowest BCUT2D eigenvalue weighted by Gasteiger charge is -2.37. The minimum absolute atomic E-state index is 0.00789. The first kappa shape index (κ1) is 17.7. The lowest BCUT2D eigenvalue weighted by Crippen LogP contribution is -2.48. The maximum absolute atomic E-state index is 12.7. The highest BCUT2D eigenvalue weighted by atomic mass is 32.2. The third-order valence-electron chi connectivity index (χ3n) is 3.86. The topological polar surface area (TPSA) is 86.7 Å². The minimum atomic E-state index is -3.46. The first-order chi connectivity index (χ1) is 10.7. The van der Waals surface area contributed by atoms with Crippen LogP contribution in [0.1, 0.15) is 43.5 Å².